The van der Waals surface area contributed by atoms with E-state index in [2.05, 4.69) is 25.7 Å². The molecule has 2 amide bonds. The van der Waals surface area contributed by atoms with Gasteiger partial charge in [0, 0.05) is 61.8 Å². The summed E-state index contributed by atoms with van der Waals surface area (Å²) in [5.74, 6) is 0.805. The van der Waals surface area contributed by atoms with Gasteiger partial charge in [-0.15, -0.1) is 0 Å². The van der Waals surface area contributed by atoms with Crippen molar-refractivity contribution in [3.63, 3.8) is 0 Å². The molecule has 0 spiro atoms. The number of aromatic nitrogens is 5. The lowest BCUT2D eigenvalue weighted by Crippen LogP contribution is -2.23. The molecule has 5 rings (SSSR count). The first-order valence-corrected chi connectivity index (χ1v) is 11.2. The van der Waals surface area contributed by atoms with Gasteiger partial charge in [0.25, 0.3) is 11.8 Å². The topological polar surface area (TPSA) is 115 Å². The third-order valence-electron chi connectivity index (χ3n) is 5.60. The lowest BCUT2D eigenvalue weighted by atomic mass is 10.1. The highest BCUT2D eigenvalue weighted by atomic mass is 16.5. The average Bonchev–Trinajstić information content (AvgIpc) is 3.52. The summed E-state index contributed by atoms with van der Waals surface area (Å²) < 4.78 is 9.49. The van der Waals surface area contributed by atoms with Crippen molar-refractivity contribution in [2.24, 2.45) is 7.05 Å². The van der Waals surface area contributed by atoms with E-state index >= 15 is 0 Å². The second-order valence-electron chi connectivity index (χ2n) is 8.18. The number of nitrogens with zero attached hydrogens (tertiary/aromatic N) is 5. The largest absolute Gasteiger partial charge is 0.457 e. The number of anilines is 1. The number of carbonyl (C=O) groups is 2. The van der Waals surface area contributed by atoms with Gasteiger partial charge in [-0.3, -0.25) is 14.3 Å². The van der Waals surface area contributed by atoms with E-state index in [9.17, 15) is 9.59 Å². The number of carbonyl (C=O) groups excluding carboxylic acids is 2. The van der Waals surface area contributed by atoms with Crippen LogP contribution in [0.4, 0.5) is 5.82 Å². The second-order valence-corrected chi connectivity index (χ2v) is 8.18. The van der Waals surface area contributed by atoms with Crippen molar-refractivity contribution in [2.45, 2.75) is 13.5 Å². The zero-order chi connectivity index (χ0) is 25.1. The van der Waals surface area contributed by atoms with Gasteiger partial charge in [0.15, 0.2) is 0 Å². The van der Waals surface area contributed by atoms with Crippen molar-refractivity contribution in [2.75, 3.05) is 5.32 Å². The molecular formula is C26H23N7O3. The normalized spacial score (nSPS) is 10.8. The maximum Gasteiger partial charge on any atom is 0.260 e. The zero-order valence-corrected chi connectivity index (χ0v) is 19.7. The number of nitrogens with one attached hydrogen (secondary N) is 2. The Hall–Kier alpha value is -4.99. The second kappa shape index (κ2) is 9.71. The molecule has 0 radical (unpaired) electrons. The van der Waals surface area contributed by atoms with E-state index in [4.69, 9.17) is 4.74 Å². The Bertz CT molecular complexity index is 1570. The van der Waals surface area contributed by atoms with Crippen molar-refractivity contribution in [1.29, 1.82) is 0 Å². The fourth-order valence-electron chi connectivity index (χ4n) is 3.72. The SMILES string of the molecule is Cc1c(Oc2ccnc(NC(=O)c3cnn(C)c3)c2)cccc1C(=O)NCc1ccc2nccn2c1. The Morgan fingerprint density at radius 2 is 1.92 bits per heavy atom. The van der Waals surface area contributed by atoms with Crippen LogP contribution in [0.2, 0.25) is 0 Å². The molecule has 0 aliphatic heterocycles. The van der Waals surface area contributed by atoms with E-state index in [1.54, 1.807) is 54.5 Å². The molecule has 0 unspecified atom stereocenters. The first kappa shape index (κ1) is 22.8. The predicted molar refractivity (Wildman–Crippen MR) is 133 cm³/mol. The van der Waals surface area contributed by atoms with Crippen LogP contribution in [-0.2, 0) is 13.6 Å². The molecule has 2 N–H and O–H groups in total. The van der Waals surface area contributed by atoms with E-state index in [0.717, 1.165) is 11.2 Å². The molecule has 0 aliphatic carbocycles. The molecule has 5 aromatic rings. The third-order valence-corrected chi connectivity index (χ3v) is 5.60. The summed E-state index contributed by atoms with van der Waals surface area (Å²) in [6.07, 6.45) is 10.2. The minimum Gasteiger partial charge on any atom is -0.457 e. The number of benzene rings is 1. The van der Waals surface area contributed by atoms with Gasteiger partial charge in [0.1, 0.15) is 23.0 Å². The van der Waals surface area contributed by atoms with E-state index in [1.807, 2.05) is 35.9 Å². The molecule has 0 aliphatic rings. The lowest BCUT2D eigenvalue weighted by molar-refractivity contribution is 0.0949. The lowest BCUT2D eigenvalue weighted by Gasteiger charge is -2.13. The van der Waals surface area contributed by atoms with E-state index < -0.39 is 0 Å². The summed E-state index contributed by atoms with van der Waals surface area (Å²) in [6, 6.07) is 12.4. The zero-order valence-electron chi connectivity index (χ0n) is 19.7. The Labute approximate surface area is 206 Å². The highest BCUT2D eigenvalue weighted by Gasteiger charge is 2.14. The maximum absolute atomic E-state index is 12.9. The Morgan fingerprint density at radius 3 is 2.75 bits per heavy atom. The highest BCUT2D eigenvalue weighted by Crippen LogP contribution is 2.28. The number of imidazole rings is 1. The summed E-state index contributed by atoms with van der Waals surface area (Å²) in [4.78, 5) is 33.7. The number of amides is 2. The molecule has 10 nitrogen and oxygen atoms in total. The molecule has 0 saturated heterocycles. The van der Waals surface area contributed by atoms with Gasteiger partial charge >= 0.3 is 0 Å². The molecule has 180 valence electrons. The highest BCUT2D eigenvalue weighted by molar-refractivity contribution is 6.03. The van der Waals surface area contributed by atoms with Crippen LogP contribution in [0.25, 0.3) is 5.65 Å². The van der Waals surface area contributed by atoms with Crippen LogP contribution in [0.1, 0.15) is 31.8 Å². The van der Waals surface area contributed by atoms with E-state index in [1.165, 1.54) is 12.4 Å². The third kappa shape index (κ3) is 4.92. The summed E-state index contributed by atoms with van der Waals surface area (Å²) in [7, 11) is 1.74. The number of fused-ring (bicyclic) bond motifs is 1. The number of rotatable bonds is 7. The molecule has 4 heterocycles. The van der Waals surface area contributed by atoms with Crippen LogP contribution in [0.3, 0.4) is 0 Å². The summed E-state index contributed by atoms with van der Waals surface area (Å²) >= 11 is 0. The van der Waals surface area contributed by atoms with Crippen molar-refractivity contribution in [3.05, 3.63) is 102 Å². The van der Waals surface area contributed by atoms with Gasteiger partial charge in [-0.1, -0.05) is 12.1 Å². The Balaban J connectivity index is 1.26. The maximum atomic E-state index is 12.9. The summed E-state index contributed by atoms with van der Waals surface area (Å²) in [5.41, 5.74) is 3.43. The molecule has 0 bridgehead atoms. The summed E-state index contributed by atoms with van der Waals surface area (Å²) in [6.45, 7) is 2.20. The Kier molecular flexibility index (Phi) is 6.14. The molecule has 4 aromatic heterocycles. The van der Waals surface area contributed by atoms with Gasteiger partial charge in [-0.25, -0.2) is 9.97 Å². The van der Waals surface area contributed by atoms with Crippen LogP contribution in [0.15, 0.2) is 79.6 Å². The smallest absolute Gasteiger partial charge is 0.260 e. The standard InChI is InChI=1S/C26H23N7O3/c1-17-21(26(35)29-13-18-6-7-24-28-10-11-33(24)15-18)4-3-5-22(17)36-20-8-9-27-23(12-20)31-25(34)19-14-30-32(2)16-19/h3-12,14-16H,13H2,1-2H3,(H,29,35)(H,27,31,34). The number of pyridine rings is 2. The molecular weight excluding hydrogens is 458 g/mol. The van der Waals surface area contributed by atoms with Gasteiger partial charge in [-0.2, -0.15) is 5.10 Å². The van der Waals surface area contributed by atoms with Crippen molar-refractivity contribution >= 4 is 23.3 Å². The van der Waals surface area contributed by atoms with Crippen LogP contribution < -0.4 is 15.4 Å². The fourth-order valence-corrected chi connectivity index (χ4v) is 3.72. The monoisotopic (exact) mass is 481 g/mol. The van der Waals surface area contributed by atoms with Gasteiger partial charge < -0.3 is 19.8 Å². The van der Waals surface area contributed by atoms with Crippen LogP contribution in [0.5, 0.6) is 11.5 Å². The van der Waals surface area contributed by atoms with Gasteiger partial charge in [0.05, 0.1) is 11.8 Å². The molecule has 1 aromatic carbocycles. The number of aryl methyl sites for hydroxylation is 1. The quantitative estimate of drug-likeness (QED) is 0.366. The van der Waals surface area contributed by atoms with Crippen LogP contribution in [-0.4, -0.2) is 36.0 Å². The molecule has 0 fully saturated rings. The first-order chi connectivity index (χ1) is 17.5. The molecule has 10 heteroatoms. The predicted octanol–water partition coefficient (Wildman–Crippen LogP) is 3.75. The van der Waals surface area contributed by atoms with E-state index in [0.29, 0.717) is 40.6 Å². The first-order valence-electron chi connectivity index (χ1n) is 11.2. The van der Waals surface area contributed by atoms with Crippen molar-refractivity contribution in [3.8, 4) is 11.5 Å². The van der Waals surface area contributed by atoms with Crippen LogP contribution in [0, 0.1) is 6.92 Å². The fraction of sp³-hybridized carbons (Fsp3) is 0.115. The van der Waals surface area contributed by atoms with Gasteiger partial charge in [-0.05, 0) is 36.8 Å². The van der Waals surface area contributed by atoms with E-state index in [-0.39, 0.29) is 11.8 Å². The van der Waals surface area contributed by atoms with Gasteiger partial charge in [0.2, 0.25) is 0 Å². The summed E-state index contributed by atoms with van der Waals surface area (Å²) in [5, 5.41) is 9.69. The van der Waals surface area contributed by atoms with Crippen molar-refractivity contribution < 1.29 is 14.3 Å². The average molecular weight is 482 g/mol. The molecule has 36 heavy (non-hydrogen) atoms. The number of hydrogen-bond acceptors (Lipinski definition) is 6. The minimum absolute atomic E-state index is 0.206. The Morgan fingerprint density at radius 1 is 1.03 bits per heavy atom. The minimum atomic E-state index is -0.324. The molecule has 0 saturated carbocycles. The number of hydrogen-bond donors (Lipinski definition) is 2. The molecule has 0 atom stereocenters. The number of ether oxygens (including phenoxy) is 1. The van der Waals surface area contributed by atoms with Crippen LogP contribution >= 0.6 is 0 Å². The van der Waals surface area contributed by atoms with Crippen molar-refractivity contribution in [1.82, 2.24) is 29.5 Å².